The third-order valence-corrected chi connectivity index (χ3v) is 7.83. The Morgan fingerprint density at radius 2 is 1.96 bits per heavy atom. The number of aromatic nitrogens is 2. The zero-order chi connectivity index (χ0) is 18.5. The molecule has 2 aromatic rings. The molecule has 2 saturated heterocycles. The van der Waals surface area contributed by atoms with E-state index in [1.807, 2.05) is 30.3 Å². The van der Waals surface area contributed by atoms with Crippen LogP contribution < -0.4 is 0 Å². The molecule has 138 valence electrons. The number of likely N-dealkylation sites (tertiary alicyclic amines) is 1. The second-order valence-electron chi connectivity index (χ2n) is 7.08. The van der Waals surface area contributed by atoms with Crippen LogP contribution in [0.2, 0.25) is 0 Å². The maximum Gasteiger partial charge on any atom is 0.319 e. The third kappa shape index (κ3) is 2.41. The molecular formula is C17H20N4O4S. The minimum Gasteiger partial charge on any atom is -0.339 e. The average molecular weight is 376 g/mol. The molecular weight excluding hydrogens is 356 g/mol. The number of hydrogen-bond donors (Lipinski definition) is 0. The molecule has 2 aliphatic rings. The van der Waals surface area contributed by atoms with Crippen LogP contribution in [0, 0.1) is 0 Å². The van der Waals surface area contributed by atoms with Crippen LogP contribution in [-0.2, 0) is 9.84 Å². The molecule has 1 spiro atoms. The van der Waals surface area contributed by atoms with Gasteiger partial charge in [-0.2, -0.15) is 4.98 Å². The summed E-state index contributed by atoms with van der Waals surface area (Å²) in [6.07, 6.45) is 0.433. The monoisotopic (exact) mass is 376 g/mol. The molecule has 4 rings (SSSR count). The lowest BCUT2D eigenvalue weighted by Crippen LogP contribution is -2.68. The number of carbonyl (C=O) groups excluding carboxylic acids is 1. The van der Waals surface area contributed by atoms with E-state index in [1.165, 1.54) is 4.90 Å². The van der Waals surface area contributed by atoms with Gasteiger partial charge in [-0.3, -0.25) is 0 Å². The molecule has 2 aliphatic heterocycles. The van der Waals surface area contributed by atoms with Crippen LogP contribution in [-0.4, -0.2) is 72.1 Å². The predicted octanol–water partition coefficient (Wildman–Crippen LogP) is 1.37. The van der Waals surface area contributed by atoms with E-state index < -0.39 is 14.6 Å². The van der Waals surface area contributed by atoms with E-state index in [1.54, 1.807) is 19.0 Å². The number of sulfone groups is 1. The SMILES string of the molecule is CN(C)C(=O)N1CC2(C1)C(c1nc(-c3ccccc3)no1)CCS2(=O)=O. The van der Waals surface area contributed by atoms with Crippen LogP contribution in [0.25, 0.3) is 11.4 Å². The molecule has 0 N–H and O–H groups in total. The number of benzene rings is 1. The van der Waals surface area contributed by atoms with Crippen LogP contribution in [0.5, 0.6) is 0 Å². The van der Waals surface area contributed by atoms with E-state index in [9.17, 15) is 13.2 Å². The summed E-state index contributed by atoms with van der Waals surface area (Å²) in [7, 11) is -0.0331. The molecule has 1 atom stereocenters. The van der Waals surface area contributed by atoms with Gasteiger partial charge in [0.05, 0.1) is 11.7 Å². The van der Waals surface area contributed by atoms with Crippen molar-refractivity contribution in [2.24, 2.45) is 0 Å². The largest absolute Gasteiger partial charge is 0.339 e. The van der Waals surface area contributed by atoms with E-state index in [-0.39, 0.29) is 30.8 Å². The Balaban J connectivity index is 1.63. The fraction of sp³-hybridized carbons (Fsp3) is 0.471. The van der Waals surface area contributed by atoms with Crippen LogP contribution in [0.1, 0.15) is 18.2 Å². The van der Waals surface area contributed by atoms with Crippen LogP contribution in [0.4, 0.5) is 4.79 Å². The van der Waals surface area contributed by atoms with E-state index in [0.717, 1.165) is 5.56 Å². The summed E-state index contributed by atoms with van der Waals surface area (Å²) in [6, 6.07) is 9.21. The first-order valence-electron chi connectivity index (χ1n) is 8.42. The summed E-state index contributed by atoms with van der Waals surface area (Å²) in [6.45, 7) is 0.333. The van der Waals surface area contributed by atoms with E-state index in [0.29, 0.717) is 18.1 Å². The lowest BCUT2D eigenvalue weighted by atomic mass is 9.83. The van der Waals surface area contributed by atoms with E-state index >= 15 is 0 Å². The summed E-state index contributed by atoms with van der Waals surface area (Å²) < 4.78 is 29.9. The van der Waals surface area contributed by atoms with Crippen LogP contribution >= 0.6 is 0 Å². The molecule has 3 heterocycles. The molecule has 1 aromatic heterocycles. The van der Waals surface area contributed by atoms with Crippen molar-refractivity contribution in [2.75, 3.05) is 32.9 Å². The van der Waals surface area contributed by atoms with Gasteiger partial charge in [0.25, 0.3) is 0 Å². The van der Waals surface area contributed by atoms with Crippen molar-refractivity contribution in [1.82, 2.24) is 19.9 Å². The highest BCUT2D eigenvalue weighted by Gasteiger charge is 2.64. The standard InChI is InChI=1S/C17H20N4O4S/c1-20(2)16(22)21-10-17(11-21)13(8-9-26(17,23)24)15-18-14(19-25-15)12-6-4-3-5-7-12/h3-7,13H,8-11H2,1-2H3. The van der Waals surface area contributed by atoms with Crippen LogP contribution in [0.3, 0.4) is 0 Å². The zero-order valence-electron chi connectivity index (χ0n) is 14.6. The Labute approximate surface area is 151 Å². The van der Waals surface area contributed by atoms with Crippen molar-refractivity contribution in [1.29, 1.82) is 0 Å². The number of amides is 2. The van der Waals surface area contributed by atoms with Gasteiger partial charge in [0.15, 0.2) is 9.84 Å². The van der Waals surface area contributed by atoms with E-state index in [2.05, 4.69) is 10.1 Å². The molecule has 0 bridgehead atoms. The van der Waals surface area contributed by atoms with Gasteiger partial charge in [0.1, 0.15) is 4.75 Å². The van der Waals surface area contributed by atoms with Gasteiger partial charge in [0, 0.05) is 32.7 Å². The Hall–Kier alpha value is -2.42. The number of carbonyl (C=O) groups is 1. The topological polar surface area (TPSA) is 96.6 Å². The minimum atomic E-state index is -3.33. The van der Waals surface area contributed by atoms with Crippen molar-refractivity contribution >= 4 is 15.9 Å². The number of urea groups is 1. The molecule has 0 radical (unpaired) electrons. The lowest BCUT2D eigenvalue weighted by Gasteiger charge is -2.49. The Morgan fingerprint density at radius 3 is 2.62 bits per heavy atom. The maximum atomic E-state index is 12.7. The number of nitrogens with zero attached hydrogens (tertiary/aromatic N) is 4. The minimum absolute atomic E-state index is 0.0741. The normalized spacial score (nSPS) is 23.0. The van der Waals surface area contributed by atoms with Crippen molar-refractivity contribution in [3.8, 4) is 11.4 Å². The molecule has 8 nitrogen and oxygen atoms in total. The molecule has 0 aliphatic carbocycles. The number of hydrogen-bond acceptors (Lipinski definition) is 6. The Morgan fingerprint density at radius 1 is 1.27 bits per heavy atom. The second-order valence-corrected chi connectivity index (χ2v) is 9.53. The summed E-state index contributed by atoms with van der Waals surface area (Å²) in [4.78, 5) is 19.6. The lowest BCUT2D eigenvalue weighted by molar-refractivity contribution is 0.0992. The van der Waals surface area contributed by atoms with Gasteiger partial charge >= 0.3 is 6.03 Å². The van der Waals surface area contributed by atoms with Crippen molar-refractivity contribution in [3.05, 3.63) is 36.2 Å². The Kier molecular flexibility index (Phi) is 3.80. The fourth-order valence-electron chi connectivity index (χ4n) is 3.82. The third-order valence-electron chi connectivity index (χ3n) is 5.27. The van der Waals surface area contributed by atoms with Crippen molar-refractivity contribution in [2.45, 2.75) is 17.1 Å². The fourth-order valence-corrected chi connectivity index (χ4v) is 6.13. The summed E-state index contributed by atoms with van der Waals surface area (Å²) in [5.41, 5.74) is 0.815. The molecule has 26 heavy (non-hydrogen) atoms. The highest BCUT2D eigenvalue weighted by molar-refractivity contribution is 7.93. The van der Waals surface area contributed by atoms with Gasteiger partial charge in [-0.25, -0.2) is 13.2 Å². The Bertz CT molecular complexity index is 933. The summed E-state index contributed by atoms with van der Waals surface area (Å²) in [5, 5.41) is 4.02. The molecule has 0 saturated carbocycles. The van der Waals surface area contributed by atoms with Gasteiger partial charge in [0.2, 0.25) is 11.7 Å². The predicted molar refractivity (Wildman–Crippen MR) is 94.3 cm³/mol. The van der Waals surface area contributed by atoms with Crippen molar-refractivity contribution in [3.63, 3.8) is 0 Å². The smallest absolute Gasteiger partial charge is 0.319 e. The maximum absolute atomic E-state index is 12.7. The first-order valence-corrected chi connectivity index (χ1v) is 10.1. The van der Waals surface area contributed by atoms with Gasteiger partial charge < -0.3 is 14.3 Å². The van der Waals surface area contributed by atoms with Gasteiger partial charge in [-0.15, -0.1) is 0 Å². The quantitative estimate of drug-likeness (QED) is 0.785. The number of rotatable bonds is 2. The highest BCUT2D eigenvalue weighted by atomic mass is 32.2. The summed E-state index contributed by atoms with van der Waals surface area (Å²) >= 11 is 0. The second kappa shape index (κ2) is 5.80. The van der Waals surface area contributed by atoms with Crippen LogP contribution in [0.15, 0.2) is 34.9 Å². The average Bonchev–Trinajstić information content (AvgIpc) is 3.15. The van der Waals surface area contributed by atoms with Crippen molar-refractivity contribution < 1.29 is 17.7 Å². The zero-order valence-corrected chi connectivity index (χ0v) is 15.4. The molecule has 2 fully saturated rings. The molecule has 1 aromatic carbocycles. The summed E-state index contributed by atoms with van der Waals surface area (Å²) in [5.74, 6) is 0.469. The van der Waals surface area contributed by atoms with E-state index in [4.69, 9.17) is 4.52 Å². The first kappa shape index (κ1) is 17.0. The molecule has 1 unspecified atom stereocenters. The van der Waals surface area contributed by atoms with Gasteiger partial charge in [-0.05, 0) is 6.42 Å². The first-order chi connectivity index (χ1) is 12.3. The molecule has 2 amide bonds. The highest BCUT2D eigenvalue weighted by Crippen LogP contribution is 2.49. The van der Waals surface area contributed by atoms with Gasteiger partial charge in [-0.1, -0.05) is 35.5 Å². The molecule has 9 heteroatoms.